The minimum Gasteiger partial charge on any atom is -0.493 e. The standard InChI is InChI=1S/C26H24F3NO2/c1-31-24-11-8-20(17-25(24)32-22-4-2-3-5-22)23(16-18-12-14-30-15-13-18)19-6-9-21(10-7-19)26(27,28)29/h6-17,22H,2-5H2,1H3. The van der Waals surface area contributed by atoms with Crippen LogP contribution in [0.3, 0.4) is 0 Å². The van der Waals surface area contributed by atoms with Gasteiger partial charge in [-0.25, -0.2) is 0 Å². The van der Waals surface area contributed by atoms with Gasteiger partial charge in [0, 0.05) is 12.4 Å². The second-order valence-corrected chi connectivity index (χ2v) is 7.80. The van der Waals surface area contributed by atoms with Crippen LogP contribution in [-0.2, 0) is 6.18 Å². The molecular weight excluding hydrogens is 415 g/mol. The SMILES string of the molecule is COc1ccc(C(=Cc2ccncc2)c2ccc(C(F)(F)F)cc2)cc1OC1CCCC1. The summed E-state index contributed by atoms with van der Waals surface area (Å²) in [5.41, 5.74) is 2.50. The highest BCUT2D eigenvalue weighted by molar-refractivity contribution is 5.92. The molecule has 3 aromatic rings. The van der Waals surface area contributed by atoms with Crippen LogP contribution in [0.1, 0.15) is 47.9 Å². The fourth-order valence-electron chi connectivity index (χ4n) is 3.92. The fourth-order valence-corrected chi connectivity index (χ4v) is 3.92. The highest BCUT2D eigenvalue weighted by atomic mass is 19.4. The molecule has 6 heteroatoms. The predicted molar refractivity (Wildman–Crippen MR) is 119 cm³/mol. The fraction of sp³-hybridized carbons (Fsp3) is 0.269. The van der Waals surface area contributed by atoms with Gasteiger partial charge in [-0.15, -0.1) is 0 Å². The van der Waals surface area contributed by atoms with Gasteiger partial charge >= 0.3 is 6.18 Å². The van der Waals surface area contributed by atoms with Gasteiger partial charge < -0.3 is 9.47 Å². The molecule has 0 unspecified atom stereocenters. The number of benzene rings is 2. The Labute approximate surface area is 185 Å². The Morgan fingerprint density at radius 2 is 1.56 bits per heavy atom. The molecule has 3 nitrogen and oxygen atoms in total. The van der Waals surface area contributed by atoms with E-state index in [1.54, 1.807) is 19.5 Å². The summed E-state index contributed by atoms with van der Waals surface area (Å²) in [5.74, 6) is 1.28. The summed E-state index contributed by atoms with van der Waals surface area (Å²) in [5, 5.41) is 0. The van der Waals surface area contributed by atoms with Gasteiger partial charge in [-0.3, -0.25) is 4.98 Å². The molecule has 0 bridgehead atoms. The molecule has 1 aromatic heterocycles. The first-order valence-electron chi connectivity index (χ1n) is 10.6. The molecule has 0 atom stereocenters. The number of ether oxygens (including phenoxy) is 2. The molecule has 1 heterocycles. The quantitative estimate of drug-likeness (QED) is 0.414. The molecule has 1 aliphatic carbocycles. The van der Waals surface area contributed by atoms with Crippen LogP contribution in [0, 0.1) is 0 Å². The van der Waals surface area contributed by atoms with Crippen molar-refractivity contribution < 1.29 is 22.6 Å². The number of aromatic nitrogens is 1. The van der Waals surface area contributed by atoms with E-state index in [9.17, 15) is 13.2 Å². The van der Waals surface area contributed by atoms with Gasteiger partial charge in [0.2, 0.25) is 0 Å². The summed E-state index contributed by atoms with van der Waals surface area (Å²) in [6.45, 7) is 0. The molecule has 0 saturated heterocycles. The lowest BCUT2D eigenvalue weighted by molar-refractivity contribution is -0.137. The zero-order valence-corrected chi connectivity index (χ0v) is 17.7. The third kappa shape index (κ3) is 5.13. The molecule has 1 fully saturated rings. The largest absolute Gasteiger partial charge is 0.493 e. The second-order valence-electron chi connectivity index (χ2n) is 7.80. The number of alkyl halides is 3. The lowest BCUT2D eigenvalue weighted by Gasteiger charge is -2.18. The Balaban J connectivity index is 1.77. The Bertz CT molecular complexity index is 1070. The molecule has 0 amide bonds. The molecule has 4 rings (SSSR count). The molecule has 0 N–H and O–H groups in total. The van der Waals surface area contributed by atoms with Crippen molar-refractivity contribution in [2.24, 2.45) is 0 Å². The van der Waals surface area contributed by atoms with Gasteiger partial charge in [0.1, 0.15) is 0 Å². The van der Waals surface area contributed by atoms with Crippen LogP contribution in [0.2, 0.25) is 0 Å². The van der Waals surface area contributed by atoms with E-state index in [2.05, 4.69) is 4.98 Å². The Kier molecular flexibility index (Phi) is 6.49. The van der Waals surface area contributed by atoms with Crippen LogP contribution in [0.4, 0.5) is 13.2 Å². The molecule has 32 heavy (non-hydrogen) atoms. The molecule has 1 aliphatic rings. The average molecular weight is 439 g/mol. The van der Waals surface area contributed by atoms with Gasteiger partial charge in [-0.2, -0.15) is 13.2 Å². The molecular formula is C26H24F3NO2. The highest BCUT2D eigenvalue weighted by Crippen LogP contribution is 2.37. The minimum absolute atomic E-state index is 0.151. The van der Waals surface area contributed by atoms with Crippen LogP contribution in [0.5, 0.6) is 11.5 Å². The lowest BCUT2D eigenvalue weighted by atomic mass is 9.94. The van der Waals surface area contributed by atoms with Crippen LogP contribution in [0.25, 0.3) is 11.6 Å². The lowest BCUT2D eigenvalue weighted by Crippen LogP contribution is -2.11. The van der Waals surface area contributed by atoms with Crippen LogP contribution in [0.15, 0.2) is 67.0 Å². The molecule has 0 radical (unpaired) electrons. The van der Waals surface area contributed by atoms with Crippen molar-refractivity contribution in [3.63, 3.8) is 0 Å². The summed E-state index contributed by atoms with van der Waals surface area (Å²) in [4.78, 5) is 4.04. The molecule has 0 aliphatic heterocycles. The molecule has 0 spiro atoms. The third-order valence-electron chi connectivity index (χ3n) is 5.61. The number of methoxy groups -OCH3 is 1. The van der Waals surface area contributed by atoms with Gasteiger partial charge in [0.05, 0.1) is 18.8 Å². The Morgan fingerprint density at radius 1 is 0.906 bits per heavy atom. The molecule has 1 saturated carbocycles. The maximum atomic E-state index is 13.1. The number of hydrogen-bond acceptors (Lipinski definition) is 3. The minimum atomic E-state index is -4.38. The van der Waals surface area contributed by atoms with Gasteiger partial charge in [0.15, 0.2) is 11.5 Å². The van der Waals surface area contributed by atoms with Crippen molar-refractivity contribution >= 4 is 11.6 Å². The van der Waals surface area contributed by atoms with E-state index in [1.165, 1.54) is 12.1 Å². The average Bonchev–Trinajstić information content (AvgIpc) is 3.31. The summed E-state index contributed by atoms with van der Waals surface area (Å²) < 4.78 is 50.9. The van der Waals surface area contributed by atoms with Crippen LogP contribution < -0.4 is 9.47 Å². The first-order chi connectivity index (χ1) is 15.4. The van der Waals surface area contributed by atoms with Crippen molar-refractivity contribution in [2.45, 2.75) is 38.0 Å². The van der Waals surface area contributed by atoms with Gasteiger partial charge in [0.25, 0.3) is 0 Å². The number of rotatable bonds is 6. The zero-order valence-electron chi connectivity index (χ0n) is 17.7. The van der Waals surface area contributed by atoms with E-state index in [1.807, 2.05) is 36.4 Å². The predicted octanol–water partition coefficient (Wildman–Crippen LogP) is 7.02. The van der Waals surface area contributed by atoms with E-state index in [0.717, 1.165) is 54.5 Å². The Hall–Kier alpha value is -3.28. The van der Waals surface area contributed by atoms with E-state index in [-0.39, 0.29) is 6.10 Å². The normalized spacial score (nSPS) is 15.1. The third-order valence-corrected chi connectivity index (χ3v) is 5.61. The van der Waals surface area contributed by atoms with Crippen molar-refractivity contribution in [1.82, 2.24) is 4.98 Å². The van der Waals surface area contributed by atoms with Crippen LogP contribution >= 0.6 is 0 Å². The second kappa shape index (κ2) is 9.47. The van der Waals surface area contributed by atoms with Crippen molar-refractivity contribution in [3.8, 4) is 11.5 Å². The summed E-state index contributed by atoms with van der Waals surface area (Å²) >= 11 is 0. The first kappa shape index (κ1) is 21.9. The monoisotopic (exact) mass is 439 g/mol. The van der Waals surface area contributed by atoms with Crippen molar-refractivity contribution in [2.75, 3.05) is 7.11 Å². The maximum Gasteiger partial charge on any atom is 0.416 e. The maximum absolute atomic E-state index is 13.1. The van der Waals surface area contributed by atoms with Crippen molar-refractivity contribution in [1.29, 1.82) is 0 Å². The summed E-state index contributed by atoms with van der Waals surface area (Å²) in [6.07, 6.45) is 5.37. The summed E-state index contributed by atoms with van der Waals surface area (Å²) in [6, 6.07) is 14.5. The van der Waals surface area contributed by atoms with Crippen molar-refractivity contribution in [3.05, 3.63) is 89.2 Å². The topological polar surface area (TPSA) is 31.4 Å². The van der Waals surface area contributed by atoms with Gasteiger partial charge in [-0.05, 0) is 90.4 Å². The number of pyridine rings is 1. The van der Waals surface area contributed by atoms with Crippen LogP contribution in [-0.4, -0.2) is 18.2 Å². The van der Waals surface area contributed by atoms with E-state index in [4.69, 9.17) is 9.47 Å². The smallest absolute Gasteiger partial charge is 0.416 e. The number of nitrogens with zero attached hydrogens (tertiary/aromatic N) is 1. The number of hydrogen-bond donors (Lipinski definition) is 0. The van der Waals surface area contributed by atoms with E-state index in [0.29, 0.717) is 17.1 Å². The molecule has 2 aromatic carbocycles. The van der Waals surface area contributed by atoms with E-state index < -0.39 is 11.7 Å². The highest BCUT2D eigenvalue weighted by Gasteiger charge is 2.30. The van der Waals surface area contributed by atoms with Gasteiger partial charge in [-0.1, -0.05) is 18.2 Å². The summed E-state index contributed by atoms with van der Waals surface area (Å²) in [7, 11) is 1.60. The number of halogens is 3. The molecule has 166 valence electrons. The van der Waals surface area contributed by atoms with E-state index >= 15 is 0 Å². The Morgan fingerprint density at radius 3 is 2.19 bits per heavy atom. The first-order valence-corrected chi connectivity index (χ1v) is 10.6. The zero-order chi connectivity index (χ0) is 22.6.